The van der Waals surface area contributed by atoms with Gasteiger partial charge in [0, 0.05) is 9.75 Å². The molecule has 102 valence electrons. The lowest BCUT2D eigenvalue weighted by molar-refractivity contribution is 0.230. The Bertz CT molecular complexity index is 345. The van der Waals surface area contributed by atoms with Gasteiger partial charge in [-0.3, -0.25) is 0 Å². The van der Waals surface area contributed by atoms with Crippen molar-refractivity contribution < 1.29 is 0 Å². The summed E-state index contributed by atoms with van der Waals surface area (Å²) >= 11 is 2.03. The fraction of sp³-hybridized carbons (Fsp3) is 0.750. The van der Waals surface area contributed by atoms with Crippen molar-refractivity contribution in [3.63, 3.8) is 0 Å². The van der Waals surface area contributed by atoms with E-state index in [4.69, 9.17) is 0 Å². The molecule has 1 aliphatic rings. The molecule has 0 bridgehead atoms. The summed E-state index contributed by atoms with van der Waals surface area (Å²) in [6.07, 6.45) is 8.27. The number of thiophene rings is 1. The molecule has 0 radical (unpaired) electrons. The van der Waals surface area contributed by atoms with E-state index in [1.54, 1.807) is 9.75 Å². The Kier molecular flexibility index (Phi) is 5.71. The molecule has 1 aliphatic carbocycles. The molecular weight excluding hydrogens is 238 g/mol. The molecule has 2 unspecified atom stereocenters. The van der Waals surface area contributed by atoms with E-state index in [9.17, 15) is 0 Å². The Labute approximate surface area is 116 Å². The average Bonchev–Trinajstić information content (AvgIpc) is 2.85. The van der Waals surface area contributed by atoms with Crippen LogP contribution in [0.4, 0.5) is 0 Å². The largest absolute Gasteiger partial charge is 0.317 e. The SMILES string of the molecule is CCNCC1CCCCC1Cc1ccc(CC)s1. The third-order valence-electron chi connectivity index (χ3n) is 4.25. The van der Waals surface area contributed by atoms with Gasteiger partial charge in [0.15, 0.2) is 0 Å². The van der Waals surface area contributed by atoms with E-state index in [2.05, 4.69) is 31.3 Å². The molecule has 1 N–H and O–H groups in total. The molecule has 0 aliphatic heterocycles. The zero-order valence-corrected chi connectivity index (χ0v) is 12.7. The molecule has 0 saturated heterocycles. The molecular formula is C16H27NS. The molecule has 1 heterocycles. The van der Waals surface area contributed by atoms with Gasteiger partial charge in [-0.25, -0.2) is 0 Å². The van der Waals surface area contributed by atoms with Gasteiger partial charge in [0.2, 0.25) is 0 Å². The van der Waals surface area contributed by atoms with Gasteiger partial charge in [0.25, 0.3) is 0 Å². The topological polar surface area (TPSA) is 12.0 Å². The van der Waals surface area contributed by atoms with E-state index in [0.717, 1.165) is 18.4 Å². The molecule has 1 saturated carbocycles. The second-order valence-corrected chi connectivity index (χ2v) is 6.79. The zero-order valence-electron chi connectivity index (χ0n) is 11.9. The van der Waals surface area contributed by atoms with Gasteiger partial charge >= 0.3 is 0 Å². The Morgan fingerprint density at radius 2 is 1.83 bits per heavy atom. The Morgan fingerprint density at radius 1 is 1.11 bits per heavy atom. The first-order valence-corrected chi connectivity index (χ1v) is 8.43. The van der Waals surface area contributed by atoms with Crippen molar-refractivity contribution in [3.8, 4) is 0 Å². The van der Waals surface area contributed by atoms with Crippen LogP contribution in [-0.4, -0.2) is 13.1 Å². The van der Waals surface area contributed by atoms with Gasteiger partial charge in [-0.15, -0.1) is 11.3 Å². The van der Waals surface area contributed by atoms with Crippen LogP contribution in [0.1, 0.15) is 49.3 Å². The monoisotopic (exact) mass is 265 g/mol. The molecule has 1 aromatic rings. The molecule has 18 heavy (non-hydrogen) atoms. The van der Waals surface area contributed by atoms with Crippen LogP contribution in [0, 0.1) is 11.8 Å². The average molecular weight is 265 g/mol. The summed E-state index contributed by atoms with van der Waals surface area (Å²) in [5.41, 5.74) is 0. The van der Waals surface area contributed by atoms with Crippen LogP contribution in [0.2, 0.25) is 0 Å². The molecule has 1 aromatic heterocycles. The van der Waals surface area contributed by atoms with Crippen molar-refractivity contribution in [2.24, 2.45) is 11.8 Å². The summed E-state index contributed by atoms with van der Waals surface area (Å²) in [5.74, 6) is 1.83. The fourth-order valence-electron chi connectivity index (χ4n) is 3.13. The Morgan fingerprint density at radius 3 is 2.50 bits per heavy atom. The van der Waals surface area contributed by atoms with Gasteiger partial charge in [0.05, 0.1) is 0 Å². The van der Waals surface area contributed by atoms with Crippen LogP contribution in [0.15, 0.2) is 12.1 Å². The smallest absolute Gasteiger partial charge is 0.00510 e. The molecule has 0 spiro atoms. The van der Waals surface area contributed by atoms with Crippen molar-refractivity contribution in [2.45, 2.75) is 52.4 Å². The first-order valence-electron chi connectivity index (χ1n) is 7.61. The van der Waals surface area contributed by atoms with Crippen LogP contribution in [-0.2, 0) is 12.8 Å². The summed E-state index contributed by atoms with van der Waals surface area (Å²) in [6.45, 7) is 6.81. The quantitative estimate of drug-likeness (QED) is 0.810. The lowest BCUT2D eigenvalue weighted by Crippen LogP contribution is -2.31. The first kappa shape index (κ1) is 14.1. The number of nitrogens with one attached hydrogen (secondary N) is 1. The third kappa shape index (κ3) is 3.83. The first-order chi connectivity index (χ1) is 8.83. The second kappa shape index (κ2) is 7.30. The van der Waals surface area contributed by atoms with Crippen LogP contribution < -0.4 is 5.32 Å². The van der Waals surface area contributed by atoms with Gasteiger partial charge in [-0.1, -0.05) is 26.7 Å². The molecule has 1 fully saturated rings. The fourth-order valence-corrected chi connectivity index (χ4v) is 4.18. The van der Waals surface area contributed by atoms with E-state index in [0.29, 0.717) is 0 Å². The maximum atomic E-state index is 3.55. The highest BCUT2D eigenvalue weighted by atomic mass is 32.1. The van der Waals surface area contributed by atoms with E-state index < -0.39 is 0 Å². The van der Waals surface area contributed by atoms with Crippen LogP contribution >= 0.6 is 11.3 Å². The molecule has 0 aromatic carbocycles. The maximum Gasteiger partial charge on any atom is 0.00510 e. The lowest BCUT2D eigenvalue weighted by Gasteiger charge is -2.31. The maximum absolute atomic E-state index is 3.55. The predicted molar refractivity (Wildman–Crippen MR) is 81.4 cm³/mol. The highest BCUT2D eigenvalue weighted by Gasteiger charge is 2.25. The molecule has 2 heteroatoms. The summed E-state index contributed by atoms with van der Waals surface area (Å²) in [6, 6.07) is 4.69. The highest BCUT2D eigenvalue weighted by molar-refractivity contribution is 7.11. The molecule has 1 nitrogen and oxygen atoms in total. The number of aryl methyl sites for hydroxylation is 1. The van der Waals surface area contributed by atoms with Crippen molar-refractivity contribution in [1.29, 1.82) is 0 Å². The Hall–Kier alpha value is -0.340. The third-order valence-corrected chi connectivity index (χ3v) is 5.50. The summed E-state index contributed by atoms with van der Waals surface area (Å²) in [5, 5.41) is 3.55. The van der Waals surface area contributed by atoms with Crippen LogP contribution in [0.25, 0.3) is 0 Å². The molecule has 2 rings (SSSR count). The Balaban J connectivity index is 1.91. The predicted octanol–water partition coefficient (Wildman–Crippen LogP) is 4.27. The number of hydrogen-bond acceptors (Lipinski definition) is 2. The normalized spacial score (nSPS) is 24.3. The van der Waals surface area contributed by atoms with Crippen LogP contribution in [0.5, 0.6) is 0 Å². The van der Waals surface area contributed by atoms with Gasteiger partial charge in [-0.2, -0.15) is 0 Å². The van der Waals surface area contributed by atoms with E-state index in [-0.39, 0.29) is 0 Å². The minimum absolute atomic E-state index is 0.908. The minimum atomic E-state index is 0.908. The summed E-state index contributed by atoms with van der Waals surface area (Å²) < 4.78 is 0. The summed E-state index contributed by atoms with van der Waals surface area (Å²) in [7, 11) is 0. The van der Waals surface area contributed by atoms with Gasteiger partial charge < -0.3 is 5.32 Å². The number of hydrogen-bond donors (Lipinski definition) is 1. The van der Waals surface area contributed by atoms with Crippen molar-refractivity contribution in [3.05, 3.63) is 21.9 Å². The van der Waals surface area contributed by atoms with Gasteiger partial charge in [0.1, 0.15) is 0 Å². The van der Waals surface area contributed by atoms with Gasteiger partial charge in [-0.05, 0) is 62.7 Å². The van der Waals surface area contributed by atoms with Crippen molar-refractivity contribution in [2.75, 3.05) is 13.1 Å². The van der Waals surface area contributed by atoms with Crippen molar-refractivity contribution >= 4 is 11.3 Å². The second-order valence-electron chi connectivity index (χ2n) is 5.54. The minimum Gasteiger partial charge on any atom is -0.317 e. The number of rotatable bonds is 6. The standard InChI is InChI=1S/C16H27NS/c1-3-15-9-10-16(18-15)11-13-7-5-6-8-14(13)12-17-4-2/h9-10,13-14,17H,3-8,11-12H2,1-2H3. The van der Waals surface area contributed by atoms with Crippen molar-refractivity contribution in [1.82, 2.24) is 5.32 Å². The van der Waals surface area contributed by atoms with Crippen LogP contribution in [0.3, 0.4) is 0 Å². The molecule has 2 atom stereocenters. The van der Waals surface area contributed by atoms with E-state index >= 15 is 0 Å². The zero-order chi connectivity index (χ0) is 12.8. The lowest BCUT2D eigenvalue weighted by atomic mass is 9.77. The summed E-state index contributed by atoms with van der Waals surface area (Å²) in [4.78, 5) is 3.16. The van der Waals surface area contributed by atoms with E-state index in [1.165, 1.54) is 45.1 Å². The highest BCUT2D eigenvalue weighted by Crippen LogP contribution is 2.33. The van der Waals surface area contributed by atoms with E-state index in [1.807, 2.05) is 11.3 Å². The molecule has 0 amide bonds.